The van der Waals surface area contributed by atoms with Crippen molar-refractivity contribution in [1.82, 2.24) is 10.6 Å². The van der Waals surface area contributed by atoms with Crippen LogP contribution in [0, 0.1) is 5.82 Å². The van der Waals surface area contributed by atoms with Gasteiger partial charge in [-0.1, -0.05) is 41.9 Å². The minimum Gasteiger partial charge on any atom is -0.445 e. The molecule has 0 saturated heterocycles. The van der Waals surface area contributed by atoms with E-state index >= 15 is 4.39 Å². The zero-order chi connectivity index (χ0) is 20.3. The quantitative estimate of drug-likeness (QED) is 0.678. The number of amides is 3. The van der Waals surface area contributed by atoms with Gasteiger partial charge < -0.3 is 9.84 Å². The Labute approximate surface area is 166 Å². The third kappa shape index (κ3) is 4.09. The molecule has 2 aromatic rings. The molecule has 28 heavy (non-hydrogen) atoms. The van der Waals surface area contributed by atoms with Gasteiger partial charge in [0.2, 0.25) is 0 Å². The Kier molecular flexibility index (Phi) is 6.13. The van der Waals surface area contributed by atoms with Crippen molar-refractivity contribution in [2.24, 2.45) is 0 Å². The summed E-state index contributed by atoms with van der Waals surface area (Å²) in [4.78, 5) is 25.2. The lowest BCUT2D eigenvalue weighted by atomic mass is 9.93. The van der Waals surface area contributed by atoms with Crippen LogP contribution in [-0.4, -0.2) is 43.7 Å². The lowest BCUT2D eigenvalue weighted by molar-refractivity contribution is 0.0547. The third-order valence-corrected chi connectivity index (χ3v) is 4.68. The van der Waals surface area contributed by atoms with Crippen LogP contribution in [-0.2, 0) is 11.2 Å². The molecule has 9 heteroatoms. The normalized spacial score (nSPS) is 13.8. The standard InChI is InChI=1S/C19H19ClFN3O4/c1-22-15(25)10-28-19(27)23-18(26)24-8-7-12-13(11-5-3-2-4-6-11)9-14(20)17(24)16(12)21/h2-6,9,15,22,25H,7-8,10H2,1H3,(H,23,26,27). The summed E-state index contributed by atoms with van der Waals surface area (Å²) in [5, 5.41) is 13.8. The fraction of sp³-hybridized carbons (Fsp3) is 0.263. The first-order valence-electron chi connectivity index (χ1n) is 8.59. The van der Waals surface area contributed by atoms with E-state index in [1.54, 1.807) is 6.07 Å². The van der Waals surface area contributed by atoms with Gasteiger partial charge in [-0.3, -0.25) is 10.2 Å². The maximum absolute atomic E-state index is 15.0. The number of aliphatic hydroxyl groups is 1. The average Bonchev–Trinajstić information content (AvgIpc) is 2.69. The molecule has 0 aliphatic carbocycles. The van der Waals surface area contributed by atoms with Gasteiger partial charge in [0.25, 0.3) is 0 Å². The highest BCUT2D eigenvalue weighted by molar-refractivity contribution is 6.34. The molecule has 7 nitrogen and oxygen atoms in total. The van der Waals surface area contributed by atoms with Crippen molar-refractivity contribution < 1.29 is 23.8 Å². The molecular weight excluding hydrogens is 389 g/mol. The number of benzene rings is 2. The Hall–Kier alpha value is -2.68. The molecule has 3 amide bonds. The SMILES string of the molecule is CNC(O)COC(=O)NC(=O)N1CCc2c(-c3ccccc3)cc(Cl)c1c2F. The highest BCUT2D eigenvalue weighted by atomic mass is 35.5. The van der Waals surface area contributed by atoms with Crippen LogP contribution in [0.15, 0.2) is 36.4 Å². The minimum absolute atomic E-state index is 0.0638. The summed E-state index contributed by atoms with van der Waals surface area (Å²) in [5.74, 6) is -0.591. The monoisotopic (exact) mass is 407 g/mol. The number of ether oxygens (including phenoxy) is 1. The first kappa shape index (κ1) is 20.1. The van der Waals surface area contributed by atoms with Gasteiger partial charge in [0.1, 0.15) is 18.5 Å². The van der Waals surface area contributed by atoms with Gasteiger partial charge >= 0.3 is 12.1 Å². The second-order valence-electron chi connectivity index (χ2n) is 6.15. The van der Waals surface area contributed by atoms with E-state index in [0.29, 0.717) is 11.1 Å². The van der Waals surface area contributed by atoms with Crippen LogP contribution in [0.25, 0.3) is 11.1 Å². The van der Waals surface area contributed by atoms with Crippen LogP contribution in [0.1, 0.15) is 5.56 Å². The summed E-state index contributed by atoms with van der Waals surface area (Å²) in [5.41, 5.74) is 1.89. The number of alkyl carbamates (subject to hydrolysis) is 1. The molecule has 0 fully saturated rings. The van der Waals surface area contributed by atoms with Crippen molar-refractivity contribution in [3.05, 3.63) is 52.8 Å². The third-order valence-electron chi connectivity index (χ3n) is 4.40. The molecular formula is C19H19ClFN3O4. The number of nitrogens with zero attached hydrogens (tertiary/aromatic N) is 1. The van der Waals surface area contributed by atoms with Crippen LogP contribution in [0.4, 0.5) is 19.7 Å². The molecule has 1 unspecified atom stereocenters. The Balaban J connectivity index is 1.80. The molecule has 1 atom stereocenters. The lowest BCUT2D eigenvalue weighted by Gasteiger charge is -2.30. The fourth-order valence-electron chi connectivity index (χ4n) is 2.98. The summed E-state index contributed by atoms with van der Waals surface area (Å²) in [6.45, 7) is -0.197. The molecule has 3 N–H and O–H groups in total. The van der Waals surface area contributed by atoms with E-state index in [1.165, 1.54) is 7.05 Å². The van der Waals surface area contributed by atoms with Crippen molar-refractivity contribution in [1.29, 1.82) is 0 Å². The predicted octanol–water partition coefficient (Wildman–Crippen LogP) is 2.89. The Morgan fingerprint density at radius 2 is 2.07 bits per heavy atom. The number of imide groups is 1. The van der Waals surface area contributed by atoms with E-state index in [4.69, 9.17) is 16.3 Å². The van der Waals surface area contributed by atoms with E-state index in [1.807, 2.05) is 35.6 Å². The van der Waals surface area contributed by atoms with Gasteiger partial charge in [0.15, 0.2) is 5.82 Å². The van der Waals surface area contributed by atoms with E-state index in [-0.39, 0.29) is 30.3 Å². The maximum Gasteiger partial charge on any atom is 0.415 e. The average molecular weight is 408 g/mol. The summed E-state index contributed by atoms with van der Waals surface area (Å²) in [6.07, 6.45) is -1.85. The summed E-state index contributed by atoms with van der Waals surface area (Å²) >= 11 is 6.27. The summed E-state index contributed by atoms with van der Waals surface area (Å²) in [7, 11) is 1.48. The second-order valence-corrected chi connectivity index (χ2v) is 6.56. The molecule has 0 radical (unpaired) electrons. The molecule has 0 spiro atoms. The summed E-state index contributed by atoms with van der Waals surface area (Å²) < 4.78 is 19.8. The molecule has 2 aromatic carbocycles. The first-order chi connectivity index (χ1) is 13.4. The number of carbonyl (C=O) groups is 2. The number of carbonyl (C=O) groups excluding carboxylic acids is 2. The van der Waals surface area contributed by atoms with Crippen LogP contribution in [0.3, 0.4) is 0 Å². The zero-order valence-electron chi connectivity index (χ0n) is 15.0. The number of likely N-dealkylation sites (N-methyl/N-ethyl adjacent to an activating group) is 1. The second kappa shape index (κ2) is 8.55. The Morgan fingerprint density at radius 1 is 1.36 bits per heavy atom. The number of anilines is 1. The van der Waals surface area contributed by atoms with Crippen molar-refractivity contribution in [3.63, 3.8) is 0 Å². The fourth-order valence-corrected chi connectivity index (χ4v) is 3.28. The van der Waals surface area contributed by atoms with Gasteiger partial charge in [0, 0.05) is 6.54 Å². The van der Waals surface area contributed by atoms with E-state index in [2.05, 4.69) is 5.32 Å². The maximum atomic E-state index is 15.0. The molecule has 2 bridgehead atoms. The van der Waals surface area contributed by atoms with Gasteiger partial charge in [-0.25, -0.2) is 19.3 Å². The number of aliphatic hydroxyl groups excluding tert-OH is 1. The van der Waals surface area contributed by atoms with E-state index in [9.17, 15) is 14.7 Å². The zero-order valence-corrected chi connectivity index (χ0v) is 15.8. The highest BCUT2D eigenvalue weighted by Crippen LogP contribution is 2.41. The van der Waals surface area contributed by atoms with Crippen LogP contribution >= 0.6 is 11.6 Å². The van der Waals surface area contributed by atoms with Gasteiger partial charge in [-0.2, -0.15) is 0 Å². The van der Waals surface area contributed by atoms with Gasteiger partial charge in [-0.05, 0) is 36.2 Å². The molecule has 148 valence electrons. The number of fused-ring (bicyclic) bond motifs is 2. The Bertz CT molecular complexity index is 894. The Morgan fingerprint density at radius 3 is 2.75 bits per heavy atom. The number of rotatable bonds is 4. The first-order valence-corrected chi connectivity index (χ1v) is 8.97. The van der Waals surface area contributed by atoms with Crippen molar-refractivity contribution in [2.45, 2.75) is 12.6 Å². The number of nitrogens with one attached hydrogen (secondary N) is 2. The minimum atomic E-state index is -1.06. The van der Waals surface area contributed by atoms with Crippen LogP contribution in [0.5, 0.6) is 0 Å². The molecule has 1 aliphatic rings. The van der Waals surface area contributed by atoms with Gasteiger partial charge in [0.05, 0.1) is 5.02 Å². The summed E-state index contributed by atoms with van der Waals surface area (Å²) in [6, 6.07) is 10.0. The number of urea groups is 1. The van der Waals surface area contributed by atoms with Crippen molar-refractivity contribution in [3.8, 4) is 11.1 Å². The molecule has 3 rings (SSSR count). The van der Waals surface area contributed by atoms with Crippen LogP contribution < -0.4 is 15.5 Å². The number of halogens is 2. The molecule has 1 aliphatic heterocycles. The number of hydrogen-bond acceptors (Lipinski definition) is 5. The molecule has 1 heterocycles. The lowest BCUT2D eigenvalue weighted by Crippen LogP contribution is -2.47. The van der Waals surface area contributed by atoms with E-state index in [0.717, 1.165) is 10.5 Å². The topological polar surface area (TPSA) is 90.9 Å². The highest BCUT2D eigenvalue weighted by Gasteiger charge is 2.31. The molecule has 0 saturated carbocycles. The largest absolute Gasteiger partial charge is 0.445 e. The van der Waals surface area contributed by atoms with Crippen molar-refractivity contribution >= 4 is 29.4 Å². The van der Waals surface area contributed by atoms with Crippen molar-refractivity contribution in [2.75, 3.05) is 25.1 Å². The number of hydrogen-bond donors (Lipinski definition) is 3. The smallest absolute Gasteiger partial charge is 0.415 e. The predicted molar refractivity (Wildman–Crippen MR) is 103 cm³/mol. The van der Waals surface area contributed by atoms with Gasteiger partial charge in [-0.15, -0.1) is 0 Å². The van der Waals surface area contributed by atoms with E-state index < -0.39 is 24.2 Å². The molecule has 0 aromatic heterocycles. The van der Waals surface area contributed by atoms with Crippen LogP contribution in [0.2, 0.25) is 5.02 Å².